The molecular weight excluding hydrogens is 341 g/mol. The molecule has 3 rings (SSSR count). The van der Waals surface area contributed by atoms with Gasteiger partial charge >= 0.3 is 12.1 Å². The third kappa shape index (κ3) is 5.77. The Balaban J connectivity index is 0.000000277. The molecule has 1 aromatic heterocycles. The minimum absolute atomic E-state index is 0.0923. The van der Waals surface area contributed by atoms with E-state index in [1.807, 2.05) is 12.1 Å². The number of rotatable bonds is 2. The number of hydrogen-bond acceptors (Lipinski definition) is 4. The van der Waals surface area contributed by atoms with Crippen molar-refractivity contribution in [1.82, 2.24) is 10.2 Å². The maximum absolute atomic E-state index is 11.4. The monoisotopic (exact) mass is 362 g/mol. The lowest BCUT2D eigenvalue weighted by atomic mass is 9.89. The van der Waals surface area contributed by atoms with Crippen molar-refractivity contribution in [3.63, 3.8) is 0 Å². The molecule has 2 aliphatic rings. The molecule has 1 spiro atoms. The largest absolute Gasteiger partial charge is 0.490 e. The van der Waals surface area contributed by atoms with Gasteiger partial charge in [-0.2, -0.15) is 13.2 Å². The Labute approximate surface area is 143 Å². The molecule has 6 nitrogen and oxygen atoms in total. The molecule has 3 heterocycles. The van der Waals surface area contributed by atoms with Crippen LogP contribution >= 0.6 is 0 Å². The summed E-state index contributed by atoms with van der Waals surface area (Å²) in [6, 6.07) is 3.96. The summed E-state index contributed by atoms with van der Waals surface area (Å²) in [5.74, 6) is -1.50. The van der Waals surface area contributed by atoms with Crippen LogP contribution in [0.4, 0.5) is 13.2 Å². The highest BCUT2D eigenvalue weighted by atomic mass is 19.4. The van der Waals surface area contributed by atoms with Crippen molar-refractivity contribution < 1.29 is 32.3 Å². The smallest absolute Gasteiger partial charge is 0.475 e. The Kier molecular flexibility index (Phi) is 6.10. The topological polar surface area (TPSA) is 82.8 Å². The predicted octanol–water partition coefficient (Wildman–Crippen LogP) is 2.55. The van der Waals surface area contributed by atoms with E-state index in [9.17, 15) is 18.0 Å². The molecular formula is C16H21F3N2O4. The van der Waals surface area contributed by atoms with Crippen LogP contribution in [0.3, 0.4) is 0 Å². The molecule has 0 aliphatic carbocycles. The van der Waals surface area contributed by atoms with Gasteiger partial charge in [-0.15, -0.1) is 0 Å². The van der Waals surface area contributed by atoms with Gasteiger partial charge in [0.2, 0.25) is 5.91 Å². The second-order valence-electron chi connectivity index (χ2n) is 6.34. The summed E-state index contributed by atoms with van der Waals surface area (Å²) in [5, 5.41) is 10.3. The fourth-order valence-electron chi connectivity index (χ4n) is 3.18. The quantitative estimate of drug-likeness (QED) is 0.845. The van der Waals surface area contributed by atoms with Gasteiger partial charge in [0.1, 0.15) is 5.76 Å². The standard InChI is InChI=1S/C14H20N2O2.C2HF3O2/c17-13-4-6-14(15-13)5-2-8-16(9-7-14)11-12-3-1-10-18-12;3-2(4,5)1(6)7/h1,3,10H,2,4-9,11H2,(H,15,17);(H,6,7). The van der Waals surface area contributed by atoms with Crippen LogP contribution in [0, 0.1) is 0 Å². The van der Waals surface area contributed by atoms with E-state index in [2.05, 4.69) is 10.2 Å². The van der Waals surface area contributed by atoms with Crippen LogP contribution < -0.4 is 5.32 Å². The van der Waals surface area contributed by atoms with E-state index in [1.165, 1.54) is 0 Å². The summed E-state index contributed by atoms with van der Waals surface area (Å²) < 4.78 is 37.1. The summed E-state index contributed by atoms with van der Waals surface area (Å²) in [7, 11) is 0. The van der Waals surface area contributed by atoms with Gasteiger partial charge in [0.25, 0.3) is 0 Å². The number of carbonyl (C=O) groups excluding carboxylic acids is 1. The lowest BCUT2D eigenvalue weighted by molar-refractivity contribution is -0.192. The van der Waals surface area contributed by atoms with Crippen molar-refractivity contribution in [2.24, 2.45) is 0 Å². The van der Waals surface area contributed by atoms with Crippen LogP contribution in [0.1, 0.15) is 37.9 Å². The van der Waals surface area contributed by atoms with Crippen molar-refractivity contribution in [1.29, 1.82) is 0 Å². The summed E-state index contributed by atoms with van der Waals surface area (Å²) in [6.45, 7) is 3.02. The van der Waals surface area contributed by atoms with E-state index in [4.69, 9.17) is 14.3 Å². The van der Waals surface area contributed by atoms with Crippen LogP contribution in [0.5, 0.6) is 0 Å². The van der Waals surface area contributed by atoms with Gasteiger partial charge in [-0.05, 0) is 44.4 Å². The van der Waals surface area contributed by atoms with E-state index in [-0.39, 0.29) is 11.4 Å². The maximum atomic E-state index is 11.4. The summed E-state index contributed by atoms with van der Waals surface area (Å²) >= 11 is 0. The second-order valence-corrected chi connectivity index (χ2v) is 6.34. The number of carboxylic acids is 1. The average molecular weight is 362 g/mol. The fourth-order valence-corrected chi connectivity index (χ4v) is 3.18. The highest BCUT2D eigenvalue weighted by Gasteiger charge is 2.39. The van der Waals surface area contributed by atoms with E-state index >= 15 is 0 Å². The Morgan fingerprint density at radius 1 is 1.32 bits per heavy atom. The van der Waals surface area contributed by atoms with Gasteiger partial charge in [-0.3, -0.25) is 9.69 Å². The number of amides is 1. The lowest BCUT2D eigenvalue weighted by Crippen LogP contribution is -2.42. The third-order valence-corrected chi connectivity index (χ3v) is 4.47. The first-order valence-electron chi connectivity index (χ1n) is 8.06. The molecule has 2 aliphatic heterocycles. The molecule has 1 amide bonds. The van der Waals surface area contributed by atoms with Gasteiger partial charge in [0, 0.05) is 18.5 Å². The molecule has 1 unspecified atom stereocenters. The van der Waals surface area contributed by atoms with Gasteiger partial charge in [-0.1, -0.05) is 0 Å². The van der Waals surface area contributed by atoms with E-state index in [1.54, 1.807) is 6.26 Å². The highest BCUT2D eigenvalue weighted by molar-refractivity contribution is 5.79. The number of alkyl halides is 3. The molecule has 25 heavy (non-hydrogen) atoms. The number of aliphatic carboxylic acids is 1. The molecule has 140 valence electrons. The SMILES string of the molecule is O=C(O)C(F)(F)F.O=C1CCC2(CCCN(Cc3ccco3)CC2)N1. The maximum Gasteiger partial charge on any atom is 0.490 e. The number of carbonyl (C=O) groups is 2. The molecule has 2 saturated heterocycles. The van der Waals surface area contributed by atoms with E-state index in [0.717, 1.165) is 51.1 Å². The molecule has 0 bridgehead atoms. The first kappa shape index (κ1) is 19.3. The number of carboxylic acid groups (broad SMARTS) is 1. The Bertz CT molecular complexity index is 589. The number of likely N-dealkylation sites (tertiary alicyclic amines) is 1. The van der Waals surface area contributed by atoms with Gasteiger partial charge in [0.05, 0.1) is 12.8 Å². The Morgan fingerprint density at radius 3 is 2.56 bits per heavy atom. The van der Waals surface area contributed by atoms with Crippen molar-refractivity contribution in [2.45, 2.75) is 50.4 Å². The van der Waals surface area contributed by atoms with Crippen LogP contribution in [0.2, 0.25) is 0 Å². The second kappa shape index (κ2) is 7.90. The molecule has 9 heteroatoms. The average Bonchev–Trinajstić information content (AvgIpc) is 3.10. The van der Waals surface area contributed by atoms with Crippen LogP contribution in [-0.2, 0) is 16.1 Å². The first-order chi connectivity index (χ1) is 11.7. The van der Waals surface area contributed by atoms with Gasteiger partial charge in [0.15, 0.2) is 0 Å². The zero-order valence-corrected chi connectivity index (χ0v) is 13.6. The zero-order chi connectivity index (χ0) is 18.5. The van der Waals surface area contributed by atoms with Gasteiger partial charge < -0.3 is 14.8 Å². The molecule has 2 N–H and O–H groups in total. The van der Waals surface area contributed by atoms with Crippen LogP contribution in [0.15, 0.2) is 22.8 Å². The molecule has 1 aromatic rings. The van der Waals surface area contributed by atoms with Crippen LogP contribution in [-0.4, -0.2) is 46.7 Å². The number of furan rings is 1. The number of nitrogens with one attached hydrogen (secondary N) is 1. The lowest BCUT2D eigenvalue weighted by Gasteiger charge is -2.27. The van der Waals surface area contributed by atoms with Crippen molar-refractivity contribution in [3.8, 4) is 0 Å². The highest BCUT2D eigenvalue weighted by Crippen LogP contribution is 2.31. The number of nitrogens with zero attached hydrogens (tertiary/aromatic N) is 1. The van der Waals surface area contributed by atoms with Crippen molar-refractivity contribution >= 4 is 11.9 Å². The molecule has 0 radical (unpaired) electrons. The summed E-state index contributed by atoms with van der Waals surface area (Å²) in [6.07, 6.45) is 1.71. The Hall–Kier alpha value is -2.03. The minimum Gasteiger partial charge on any atom is -0.475 e. The zero-order valence-electron chi connectivity index (χ0n) is 13.6. The number of halogens is 3. The van der Waals surface area contributed by atoms with E-state index in [0.29, 0.717) is 6.42 Å². The van der Waals surface area contributed by atoms with Crippen molar-refractivity contribution in [2.75, 3.05) is 13.1 Å². The summed E-state index contributed by atoms with van der Waals surface area (Å²) in [4.78, 5) is 22.8. The third-order valence-electron chi connectivity index (χ3n) is 4.47. The number of hydrogen-bond donors (Lipinski definition) is 2. The Morgan fingerprint density at radius 2 is 2.04 bits per heavy atom. The van der Waals surface area contributed by atoms with E-state index < -0.39 is 12.1 Å². The summed E-state index contributed by atoms with van der Waals surface area (Å²) in [5.41, 5.74) is 0.0923. The molecule has 0 aromatic carbocycles. The molecule has 1 atom stereocenters. The molecule has 2 fully saturated rings. The predicted molar refractivity (Wildman–Crippen MR) is 81.6 cm³/mol. The van der Waals surface area contributed by atoms with Crippen LogP contribution in [0.25, 0.3) is 0 Å². The van der Waals surface area contributed by atoms with Crippen molar-refractivity contribution in [3.05, 3.63) is 24.2 Å². The fraction of sp³-hybridized carbons (Fsp3) is 0.625. The molecule has 0 saturated carbocycles. The van der Waals surface area contributed by atoms with Gasteiger partial charge in [-0.25, -0.2) is 4.79 Å². The first-order valence-corrected chi connectivity index (χ1v) is 8.06. The normalized spacial score (nSPS) is 24.4. The minimum atomic E-state index is -5.08.